The zero-order valence-corrected chi connectivity index (χ0v) is 18.7. The second-order valence-corrected chi connectivity index (χ2v) is 8.53. The lowest BCUT2D eigenvalue weighted by atomic mass is 9.96. The van der Waals surface area contributed by atoms with Crippen LogP contribution in [0.5, 0.6) is 0 Å². The van der Waals surface area contributed by atoms with Gasteiger partial charge in [0, 0.05) is 5.39 Å². The van der Waals surface area contributed by atoms with Crippen molar-refractivity contribution in [3.05, 3.63) is 106 Å². The Bertz CT molecular complexity index is 1220. The molecule has 0 saturated carbocycles. The van der Waals surface area contributed by atoms with Crippen LogP contribution in [-0.4, -0.2) is 0 Å². The van der Waals surface area contributed by atoms with Gasteiger partial charge in [0.05, 0.1) is 0 Å². The monoisotopic (exact) mass is 452 g/mol. The Balaban J connectivity index is 1.54. The summed E-state index contributed by atoms with van der Waals surface area (Å²) in [6, 6.07) is 20.3. The summed E-state index contributed by atoms with van der Waals surface area (Å²) in [6.45, 7) is 2.19. The van der Waals surface area contributed by atoms with Crippen LogP contribution in [0.4, 0.5) is 13.2 Å². The molecule has 4 rings (SSSR count). The summed E-state index contributed by atoms with van der Waals surface area (Å²) in [5, 5.41) is 0.846. The molecule has 0 aliphatic carbocycles. The predicted molar refractivity (Wildman–Crippen MR) is 127 cm³/mol. The summed E-state index contributed by atoms with van der Waals surface area (Å²) < 4.78 is 42.5. The largest absolute Gasteiger partial charge is 0.206 e. The van der Waals surface area contributed by atoms with Crippen LogP contribution in [0.15, 0.2) is 66.7 Å². The molecule has 0 nitrogen and oxygen atoms in total. The molecule has 0 spiro atoms. The lowest BCUT2D eigenvalue weighted by molar-refractivity contribution is 0.579. The number of hydrogen-bond donors (Lipinski definition) is 0. The molecule has 0 fully saturated rings. The fourth-order valence-electron chi connectivity index (χ4n) is 3.99. The van der Waals surface area contributed by atoms with E-state index in [2.05, 4.69) is 31.2 Å². The van der Waals surface area contributed by atoms with Gasteiger partial charge in [0.15, 0.2) is 0 Å². The SMILES string of the molecule is CCCCc1ccc(-c2ccc3c(F)c(CCc4cc(F)c(Cl)c(F)c4)ccc3c2)cc1. The van der Waals surface area contributed by atoms with Gasteiger partial charge in [0.1, 0.15) is 22.5 Å². The summed E-state index contributed by atoms with van der Waals surface area (Å²) in [6.07, 6.45) is 4.09. The van der Waals surface area contributed by atoms with Crippen LogP contribution in [0.2, 0.25) is 5.02 Å². The Kier molecular flexibility index (Phi) is 6.86. The van der Waals surface area contributed by atoms with E-state index in [0.29, 0.717) is 29.4 Å². The van der Waals surface area contributed by atoms with Gasteiger partial charge in [-0.25, -0.2) is 13.2 Å². The third-order valence-corrected chi connectivity index (χ3v) is 6.23. The van der Waals surface area contributed by atoms with Gasteiger partial charge in [-0.3, -0.25) is 0 Å². The van der Waals surface area contributed by atoms with Gasteiger partial charge < -0.3 is 0 Å². The van der Waals surface area contributed by atoms with Crippen molar-refractivity contribution >= 4 is 22.4 Å². The Morgan fingerprint density at radius 2 is 1.38 bits per heavy atom. The Hall–Kier alpha value is -2.78. The molecule has 0 aromatic heterocycles. The third-order valence-electron chi connectivity index (χ3n) is 5.87. The maximum Gasteiger partial charge on any atom is 0.145 e. The molecule has 0 N–H and O–H groups in total. The van der Waals surface area contributed by atoms with Crippen molar-refractivity contribution in [2.75, 3.05) is 0 Å². The highest BCUT2D eigenvalue weighted by Gasteiger charge is 2.12. The van der Waals surface area contributed by atoms with Gasteiger partial charge in [0.2, 0.25) is 0 Å². The first-order valence-electron chi connectivity index (χ1n) is 10.9. The van der Waals surface area contributed by atoms with Crippen LogP contribution >= 0.6 is 11.6 Å². The van der Waals surface area contributed by atoms with Crippen molar-refractivity contribution < 1.29 is 13.2 Å². The highest BCUT2D eigenvalue weighted by Crippen LogP contribution is 2.29. The summed E-state index contributed by atoms with van der Waals surface area (Å²) in [5.41, 5.74) is 4.43. The van der Waals surface area contributed by atoms with Crippen LogP contribution in [0.25, 0.3) is 21.9 Å². The molecule has 0 aliphatic heterocycles. The highest BCUT2D eigenvalue weighted by molar-refractivity contribution is 6.30. The quantitative estimate of drug-likeness (QED) is 0.246. The van der Waals surface area contributed by atoms with Crippen LogP contribution in [-0.2, 0) is 19.3 Å². The van der Waals surface area contributed by atoms with Gasteiger partial charge in [-0.05, 0) is 77.1 Å². The molecule has 4 aromatic rings. The van der Waals surface area contributed by atoms with E-state index in [4.69, 9.17) is 11.6 Å². The Morgan fingerprint density at radius 1 is 0.688 bits per heavy atom. The zero-order chi connectivity index (χ0) is 22.7. The van der Waals surface area contributed by atoms with E-state index >= 15 is 4.39 Å². The fraction of sp³-hybridized carbons (Fsp3) is 0.214. The normalized spacial score (nSPS) is 11.3. The number of rotatable bonds is 7. The average Bonchev–Trinajstić information content (AvgIpc) is 2.81. The van der Waals surface area contributed by atoms with E-state index in [9.17, 15) is 8.78 Å². The van der Waals surface area contributed by atoms with Gasteiger partial charge in [0.25, 0.3) is 0 Å². The summed E-state index contributed by atoms with van der Waals surface area (Å²) in [4.78, 5) is 0. The van der Waals surface area contributed by atoms with E-state index in [0.717, 1.165) is 22.9 Å². The van der Waals surface area contributed by atoms with Gasteiger partial charge >= 0.3 is 0 Å². The molecular weight excluding hydrogens is 429 g/mol. The van der Waals surface area contributed by atoms with Crippen molar-refractivity contribution in [3.63, 3.8) is 0 Å². The number of benzene rings is 4. The minimum atomic E-state index is -0.799. The molecule has 4 heteroatoms. The van der Waals surface area contributed by atoms with Crippen molar-refractivity contribution in [1.29, 1.82) is 0 Å². The molecular formula is C28H24ClF3. The molecule has 0 radical (unpaired) electrons. The first-order chi connectivity index (χ1) is 15.5. The molecule has 0 unspecified atom stereocenters. The molecule has 0 bridgehead atoms. The number of unbranched alkanes of at least 4 members (excludes halogenated alkanes) is 1. The topological polar surface area (TPSA) is 0 Å². The van der Waals surface area contributed by atoms with Crippen molar-refractivity contribution in [3.8, 4) is 11.1 Å². The number of aryl methyl sites for hydroxylation is 3. The minimum Gasteiger partial charge on any atom is -0.206 e. The highest BCUT2D eigenvalue weighted by atomic mass is 35.5. The maximum atomic E-state index is 15.1. The maximum absolute atomic E-state index is 15.1. The summed E-state index contributed by atoms with van der Waals surface area (Å²) >= 11 is 5.53. The molecule has 0 aliphatic rings. The van der Waals surface area contributed by atoms with Crippen LogP contribution in [0.1, 0.15) is 36.5 Å². The minimum absolute atomic E-state index is 0.293. The number of halogens is 4. The van der Waals surface area contributed by atoms with Gasteiger partial charge in [-0.2, -0.15) is 0 Å². The average molecular weight is 453 g/mol. The van der Waals surface area contributed by atoms with Gasteiger partial charge in [-0.15, -0.1) is 0 Å². The molecule has 0 atom stereocenters. The van der Waals surface area contributed by atoms with Crippen LogP contribution < -0.4 is 0 Å². The number of fused-ring (bicyclic) bond motifs is 1. The standard InChI is InChI=1S/C28H24ClF3/c1-2-3-4-18-5-8-20(9-6-18)22-13-14-24-23(17-22)12-11-21(28(24)32)10-7-19-15-25(30)27(29)26(31)16-19/h5-6,8-9,11-17H,2-4,7,10H2,1H3. The molecule has 0 heterocycles. The summed E-state index contributed by atoms with van der Waals surface area (Å²) in [7, 11) is 0. The van der Waals surface area contributed by atoms with Crippen molar-refractivity contribution in [2.24, 2.45) is 0 Å². The third kappa shape index (κ3) is 4.83. The van der Waals surface area contributed by atoms with E-state index in [1.807, 2.05) is 18.2 Å². The molecule has 4 aromatic carbocycles. The smallest absolute Gasteiger partial charge is 0.145 e. The first-order valence-corrected chi connectivity index (χ1v) is 11.3. The Morgan fingerprint density at radius 3 is 2.06 bits per heavy atom. The number of hydrogen-bond acceptors (Lipinski definition) is 0. The molecule has 164 valence electrons. The summed E-state index contributed by atoms with van der Waals surface area (Å²) in [5.74, 6) is -1.89. The fourth-order valence-corrected chi connectivity index (χ4v) is 4.09. The lowest BCUT2D eigenvalue weighted by Crippen LogP contribution is -1.98. The van der Waals surface area contributed by atoms with Crippen molar-refractivity contribution in [2.45, 2.75) is 39.0 Å². The van der Waals surface area contributed by atoms with Crippen molar-refractivity contribution in [1.82, 2.24) is 0 Å². The lowest BCUT2D eigenvalue weighted by Gasteiger charge is -2.10. The van der Waals surface area contributed by atoms with Crippen LogP contribution in [0, 0.1) is 17.5 Å². The van der Waals surface area contributed by atoms with E-state index in [-0.39, 0.29) is 5.82 Å². The van der Waals surface area contributed by atoms with Gasteiger partial charge in [-0.1, -0.05) is 73.5 Å². The molecule has 0 amide bonds. The second-order valence-electron chi connectivity index (χ2n) is 8.15. The van der Waals surface area contributed by atoms with E-state index in [1.54, 1.807) is 12.1 Å². The predicted octanol–water partition coefficient (Wildman–Crippen LogP) is 8.71. The van der Waals surface area contributed by atoms with Crippen LogP contribution in [0.3, 0.4) is 0 Å². The molecule has 32 heavy (non-hydrogen) atoms. The zero-order valence-electron chi connectivity index (χ0n) is 17.9. The van der Waals surface area contributed by atoms with E-state index in [1.165, 1.54) is 30.5 Å². The second kappa shape index (κ2) is 9.79. The Labute approximate surface area is 191 Å². The van der Waals surface area contributed by atoms with E-state index < -0.39 is 16.7 Å². The molecule has 0 saturated heterocycles. The first kappa shape index (κ1) is 22.4.